The minimum Gasteiger partial charge on any atom is -0.381 e. The van der Waals surface area contributed by atoms with Crippen molar-refractivity contribution in [3.8, 4) is 0 Å². The van der Waals surface area contributed by atoms with Gasteiger partial charge in [0.2, 0.25) is 0 Å². The Hall–Kier alpha value is -1.36. The Morgan fingerprint density at radius 1 is 1.11 bits per heavy atom. The molecule has 1 aromatic heterocycles. The van der Waals surface area contributed by atoms with E-state index in [2.05, 4.69) is 34.4 Å². The first-order valence-electron chi connectivity index (χ1n) is 7.16. The quantitative estimate of drug-likeness (QED) is 0.638. The molecule has 19 heavy (non-hydrogen) atoms. The summed E-state index contributed by atoms with van der Waals surface area (Å²) < 4.78 is 5.46. The number of hydrogen-bond acceptors (Lipinski definition) is 5. The Morgan fingerprint density at radius 2 is 1.89 bits per heavy atom. The van der Waals surface area contributed by atoms with Gasteiger partial charge in [0, 0.05) is 32.4 Å². The fraction of sp³-hybridized carbons (Fsp3) is 0.714. The Balaban J connectivity index is 2.47. The van der Waals surface area contributed by atoms with Crippen LogP contribution in [-0.4, -0.2) is 36.8 Å². The van der Waals surface area contributed by atoms with E-state index < -0.39 is 0 Å². The van der Waals surface area contributed by atoms with Crippen molar-refractivity contribution in [2.75, 3.05) is 37.4 Å². The Kier molecular flexibility index (Phi) is 7.89. The van der Waals surface area contributed by atoms with Crippen molar-refractivity contribution < 1.29 is 4.74 Å². The maximum Gasteiger partial charge on any atom is 0.134 e. The molecule has 0 aliphatic rings. The maximum absolute atomic E-state index is 5.46. The standard InChI is InChI=1S/C14H26N4O/c1-4-7-12-13(15-3)17-11-18-14(12)16-8-6-10-19-9-5-2/h11H,4-10H2,1-3H3,(H2,15,16,17,18). The third kappa shape index (κ3) is 5.42. The summed E-state index contributed by atoms with van der Waals surface area (Å²) >= 11 is 0. The Labute approximate surface area is 116 Å². The van der Waals surface area contributed by atoms with Gasteiger partial charge in [0.25, 0.3) is 0 Å². The lowest BCUT2D eigenvalue weighted by atomic mass is 10.1. The summed E-state index contributed by atoms with van der Waals surface area (Å²) in [5.41, 5.74) is 1.17. The monoisotopic (exact) mass is 266 g/mol. The summed E-state index contributed by atoms with van der Waals surface area (Å²) in [6, 6.07) is 0. The first-order valence-corrected chi connectivity index (χ1v) is 7.16. The van der Waals surface area contributed by atoms with E-state index in [4.69, 9.17) is 4.74 Å². The lowest BCUT2D eigenvalue weighted by Gasteiger charge is -2.13. The molecule has 0 atom stereocenters. The van der Waals surface area contributed by atoms with Crippen molar-refractivity contribution in [3.63, 3.8) is 0 Å². The highest BCUT2D eigenvalue weighted by molar-refractivity contribution is 5.57. The van der Waals surface area contributed by atoms with E-state index in [1.807, 2.05) is 7.05 Å². The number of anilines is 2. The number of ether oxygens (including phenoxy) is 1. The third-order valence-corrected chi connectivity index (χ3v) is 2.79. The highest BCUT2D eigenvalue weighted by Gasteiger charge is 2.08. The molecule has 5 nitrogen and oxygen atoms in total. The van der Waals surface area contributed by atoms with Gasteiger partial charge in [-0.05, 0) is 19.3 Å². The van der Waals surface area contributed by atoms with Gasteiger partial charge < -0.3 is 15.4 Å². The molecule has 0 saturated carbocycles. The number of aromatic nitrogens is 2. The summed E-state index contributed by atoms with van der Waals surface area (Å²) in [7, 11) is 1.89. The highest BCUT2D eigenvalue weighted by Crippen LogP contribution is 2.20. The molecule has 1 rings (SSSR count). The number of rotatable bonds is 10. The van der Waals surface area contributed by atoms with Crippen LogP contribution in [0.1, 0.15) is 38.7 Å². The van der Waals surface area contributed by atoms with E-state index in [1.165, 1.54) is 5.56 Å². The van der Waals surface area contributed by atoms with Gasteiger partial charge in [0.15, 0.2) is 0 Å². The summed E-state index contributed by atoms with van der Waals surface area (Å²) in [6.07, 6.45) is 5.72. The van der Waals surface area contributed by atoms with Crippen LogP contribution in [0.4, 0.5) is 11.6 Å². The molecule has 0 spiro atoms. The van der Waals surface area contributed by atoms with Gasteiger partial charge in [0.1, 0.15) is 18.0 Å². The van der Waals surface area contributed by atoms with Gasteiger partial charge in [-0.15, -0.1) is 0 Å². The van der Waals surface area contributed by atoms with Crippen molar-refractivity contribution >= 4 is 11.6 Å². The largest absolute Gasteiger partial charge is 0.381 e. The highest BCUT2D eigenvalue weighted by atomic mass is 16.5. The van der Waals surface area contributed by atoms with Crippen LogP contribution in [0, 0.1) is 0 Å². The van der Waals surface area contributed by atoms with Gasteiger partial charge in [-0.3, -0.25) is 0 Å². The lowest BCUT2D eigenvalue weighted by molar-refractivity contribution is 0.134. The number of nitrogens with one attached hydrogen (secondary N) is 2. The molecule has 2 N–H and O–H groups in total. The van der Waals surface area contributed by atoms with E-state index >= 15 is 0 Å². The number of nitrogens with zero attached hydrogens (tertiary/aromatic N) is 2. The molecule has 0 aliphatic carbocycles. The Bertz CT molecular complexity index is 357. The smallest absolute Gasteiger partial charge is 0.134 e. The van der Waals surface area contributed by atoms with Gasteiger partial charge >= 0.3 is 0 Å². The molecule has 1 heterocycles. The van der Waals surface area contributed by atoms with Crippen LogP contribution < -0.4 is 10.6 Å². The average Bonchev–Trinajstić information content (AvgIpc) is 2.44. The summed E-state index contributed by atoms with van der Waals surface area (Å²) in [6.45, 7) is 6.80. The molecule has 1 aromatic rings. The molecular formula is C14H26N4O. The van der Waals surface area contributed by atoms with Crippen LogP contribution in [0.25, 0.3) is 0 Å². The number of hydrogen-bond donors (Lipinski definition) is 2. The van der Waals surface area contributed by atoms with Crippen LogP contribution in [0.2, 0.25) is 0 Å². The minimum atomic E-state index is 0.800. The second-order valence-corrected chi connectivity index (χ2v) is 4.44. The Morgan fingerprint density at radius 3 is 2.58 bits per heavy atom. The summed E-state index contributed by atoms with van der Waals surface area (Å²) in [5, 5.41) is 6.50. The minimum absolute atomic E-state index is 0.800. The van der Waals surface area contributed by atoms with Crippen LogP contribution in [0.15, 0.2) is 6.33 Å². The van der Waals surface area contributed by atoms with Gasteiger partial charge in [-0.25, -0.2) is 9.97 Å². The zero-order valence-corrected chi connectivity index (χ0v) is 12.3. The average molecular weight is 266 g/mol. The van der Waals surface area contributed by atoms with Crippen LogP contribution in [0.3, 0.4) is 0 Å². The molecule has 5 heteroatoms. The second kappa shape index (κ2) is 9.55. The van der Waals surface area contributed by atoms with E-state index in [9.17, 15) is 0 Å². The second-order valence-electron chi connectivity index (χ2n) is 4.44. The fourth-order valence-corrected chi connectivity index (χ4v) is 1.89. The normalized spacial score (nSPS) is 10.5. The van der Waals surface area contributed by atoms with Crippen molar-refractivity contribution in [3.05, 3.63) is 11.9 Å². The van der Waals surface area contributed by atoms with Crippen molar-refractivity contribution in [2.24, 2.45) is 0 Å². The van der Waals surface area contributed by atoms with E-state index in [0.717, 1.165) is 57.1 Å². The SMILES string of the molecule is CCCOCCCNc1ncnc(NC)c1CCC. The van der Waals surface area contributed by atoms with E-state index in [0.29, 0.717) is 0 Å². The van der Waals surface area contributed by atoms with Crippen molar-refractivity contribution in [1.29, 1.82) is 0 Å². The predicted octanol–water partition coefficient (Wildman–Crippen LogP) is 2.70. The molecule has 0 saturated heterocycles. The van der Waals surface area contributed by atoms with Gasteiger partial charge in [0.05, 0.1) is 0 Å². The van der Waals surface area contributed by atoms with E-state index in [-0.39, 0.29) is 0 Å². The first kappa shape index (κ1) is 15.7. The molecule has 0 bridgehead atoms. The molecule has 0 radical (unpaired) electrons. The van der Waals surface area contributed by atoms with E-state index in [1.54, 1.807) is 6.33 Å². The van der Waals surface area contributed by atoms with Crippen molar-refractivity contribution in [2.45, 2.75) is 39.5 Å². The zero-order chi connectivity index (χ0) is 13.9. The molecule has 0 aromatic carbocycles. The van der Waals surface area contributed by atoms with Gasteiger partial charge in [-0.1, -0.05) is 20.3 Å². The molecular weight excluding hydrogens is 240 g/mol. The van der Waals surface area contributed by atoms with Gasteiger partial charge in [-0.2, -0.15) is 0 Å². The van der Waals surface area contributed by atoms with Crippen LogP contribution >= 0.6 is 0 Å². The molecule has 0 amide bonds. The first-order chi connectivity index (χ1) is 9.33. The fourth-order valence-electron chi connectivity index (χ4n) is 1.89. The molecule has 0 aliphatic heterocycles. The summed E-state index contributed by atoms with van der Waals surface area (Å²) in [5.74, 6) is 1.86. The topological polar surface area (TPSA) is 59.1 Å². The molecule has 0 fully saturated rings. The zero-order valence-electron chi connectivity index (χ0n) is 12.3. The third-order valence-electron chi connectivity index (χ3n) is 2.79. The summed E-state index contributed by atoms with van der Waals surface area (Å²) in [4.78, 5) is 8.60. The predicted molar refractivity (Wildman–Crippen MR) is 79.8 cm³/mol. The molecule has 108 valence electrons. The maximum atomic E-state index is 5.46. The van der Waals surface area contributed by atoms with Crippen LogP contribution in [0.5, 0.6) is 0 Å². The molecule has 0 unspecified atom stereocenters. The van der Waals surface area contributed by atoms with Crippen molar-refractivity contribution in [1.82, 2.24) is 9.97 Å². The van der Waals surface area contributed by atoms with Crippen LogP contribution in [-0.2, 0) is 11.2 Å². The lowest BCUT2D eigenvalue weighted by Crippen LogP contribution is -2.11.